The Morgan fingerprint density at radius 2 is 1.43 bits per heavy atom. The SMILES string of the molecule is CCCC(C)C(C)(C)c1cc(C(C)(C)C)cc(C(C)(CC)Pc2c(C)cccc2C(C)=Nc2ccccc2)c1OCc1ccccc1. The molecule has 0 heterocycles. The first kappa shape index (κ1) is 36.6. The summed E-state index contributed by atoms with van der Waals surface area (Å²) in [7, 11) is 0.538. The molecule has 0 aromatic heterocycles. The molecule has 0 N–H and O–H groups in total. The molecule has 0 fully saturated rings. The molecule has 2 nitrogen and oxygen atoms in total. The number of rotatable bonds is 13. The zero-order valence-electron chi connectivity index (χ0n) is 30.9. The summed E-state index contributed by atoms with van der Waals surface area (Å²) in [5, 5.41) is 1.24. The third kappa shape index (κ3) is 8.63. The van der Waals surface area contributed by atoms with Crippen molar-refractivity contribution >= 4 is 25.3 Å². The van der Waals surface area contributed by atoms with E-state index in [4.69, 9.17) is 9.73 Å². The highest BCUT2D eigenvalue weighted by Crippen LogP contribution is 2.53. The molecular weight excluding hydrogens is 589 g/mol. The highest BCUT2D eigenvalue weighted by Gasteiger charge is 2.38. The van der Waals surface area contributed by atoms with Crippen LogP contribution in [0.25, 0.3) is 0 Å². The summed E-state index contributed by atoms with van der Waals surface area (Å²) in [5.41, 5.74) is 9.77. The van der Waals surface area contributed by atoms with Gasteiger partial charge in [-0.15, -0.1) is 0 Å². The van der Waals surface area contributed by atoms with E-state index in [0.717, 1.165) is 23.6 Å². The van der Waals surface area contributed by atoms with Crippen LogP contribution < -0.4 is 10.0 Å². The highest BCUT2D eigenvalue weighted by molar-refractivity contribution is 7.49. The molecule has 0 saturated heterocycles. The molecule has 0 aliphatic carbocycles. The minimum absolute atomic E-state index is 0.00392. The maximum absolute atomic E-state index is 7.09. The van der Waals surface area contributed by atoms with Crippen molar-refractivity contribution < 1.29 is 4.74 Å². The molecule has 0 bridgehead atoms. The van der Waals surface area contributed by atoms with Gasteiger partial charge in [0.1, 0.15) is 12.4 Å². The van der Waals surface area contributed by atoms with Gasteiger partial charge in [-0.3, -0.25) is 4.99 Å². The minimum atomic E-state index is -0.153. The monoisotopic (exact) mass is 647 g/mol. The lowest BCUT2D eigenvalue weighted by molar-refractivity contribution is 0.268. The summed E-state index contributed by atoms with van der Waals surface area (Å²) >= 11 is 0. The molecule has 3 unspecified atom stereocenters. The zero-order chi connectivity index (χ0) is 34.4. The maximum Gasteiger partial charge on any atom is 0.127 e. The van der Waals surface area contributed by atoms with Crippen LogP contribution in [0.3, 0.4) is 0 Å². The zero-order valence-corrected chi connectivity index (χ0v) is 31.9. The Labute approximate surface area is 288 Å². The van der Waals surface area contributed by atoms with Crippen molar-refractivity contribution in [2.75, 3.05) is 0 Å². The van der Waals surface area contributed by atoms with Crippen molar-refractivity contribution in [3.05, 3.63) is 124 Å². The molecule has 0 aliphatic heterocycles. The van der Waals surface area contributed by atoms with Crippen LogP contribution in [0.2, 0.25) is 0 Å². The van der Waals surface area contributed by atoms with Crippen molar-refractivity contribution in [1.29, 1.82) is 0 Å². The van der Waals surface area contributed by atoms with Gasteiger partial charge in [-0.2, -0.15) is 0 Å². The third-order valence-electron chi connectivity index (χ3n) is 10.2. The molecule has 0 aliphatic rings. The average molecular weight is 648 g/mol. The molecule has 4 aromatic carbocycles. The Morgan fingerprint density at radius 1 is 0.809 bits per heavy atom. The van der Waals surface area contributed by atoms with Crippen LogP contribution in [-0.4, -0.2) is 5.71 Å². The van der Waals surface area contributed by atoms with E-state index in [1.807, 2.05) is 6.07 Å². The number of aryl methyl sites for hydroxylation is 1. The van der Waals surface area contributed by atoms with Crippen LogP contribution in [0.5, 0.6) is 5.75 Å². The van der Waals surface area contributed by atoms with Gasteiger partial charge in [-0.1, -0.05) is 163 Å². The summed E-state index contributed by atoms with van der Waals surface area (Å²) in [4.78, 5) is 5.07. The van der Waals surface area contributed by atoms with Gasteiger partial charge in [-0.05, 0) is 71.1 Å². The van der Waals surface area contributed by atoms with E-state index in [0.29, 0.717) is 21.1 Å². The summed E-state index contributed by atoms with van der Waals surface area (Å²) in [6.07, 6.45) is 3.35. The number of aliphatic imine (C=N–C) groups is 1. The average Bonchev–Trinajstić information content (AvgIpc) is 3.04. The molecule has 0 amide bonds. The summed E-state index contributed by atoms with van der Waals surface area (Å²) in [6, 6.07) is 32.6. The van der Waals surface area contributed by atoms with E-state index in [1.165, 1.54) is 51.5 Å². The lowest BCUT2D eigenvalue weighted by atomic mass is 9.69. The van der Waals surface area contributed by atoms with E-state index in [9.17, 15) is 0 Å². The standard InChI is InChI=1S/C44H58NOP/c1-12-21-32(4)43(9,10)38-28-35(42(6,7)8)29-39(40(38)46-30-34-23-16-14-17-24-34)44(11,13-2)47-41-31(3)22-20-27-37(41)33(5)45-36-25-18-15-19-26-36/h14-20,22-29,32,47H,12-13,21,30H2,1-11H3. The number of para-hydroxylation sites is 1. The predicted octanol–water partition coefficient (Wildman–Crippen LogP) is 12.4. The lowest BCUT2D eigenvalue weighted by Gasteiger charge is -2.40. The number of ether oxygens (including phenoxy) is 1. The third-order valence-corrected chi connectivity index (χ3v) is 12.3. The van der Waals surface area contributed by atoms with Crippen LogP contribution in [0.15, 0.2) is 96.0 Å². The summed E-state index contributed by atoms with van der Waals surface area (Å²) < 4.78 is 7.09. The van der Waals surface area contributed by atoms with Crippen molar-refractivity contribution in [1.82, 2.24) is 0 Å². The number of benzene rings is 4. The second kappa shape index (κ2) is 15.3. The van der Waals surface area contributed by atoms with Crippen LogP contribution in [0.1, 0.15) is 122 Å². The van der Waals surface area contributed by atoms with Gasteiger partial charge < -0.3 is 4.74 Å². The Kier molecular flexibility index (Phi) is 11.9. The number of hydrogen-bond donors (Lipinski definition) is 0. The highest BCUT2D eigenvalue weighted by atomic mass is 31.1. The molecule has 250 valence electrons. The molecule has 0 saturated carbocycles. The molecule has 3 heteroatoms. The largest absolute Gasteiger partial charge is 0.488 e. The molecule has 4 rings (SSSR count). The van der Waals surface area contributed by atoms with E-state index >= 15 is 0 Å². The topological polar surface area (TPSA) is 21.6 Å². The van der Waals surface area contributed by atoms with Gasteiger partial charge in [0.2, 0.25) is 0 Å². The minimum Gasteiger partial charge on any atom is -0.488 e. The lowest BCUT2D eigenvalue weighted by Crippen LogP contribution is -2.31. The molecule has 3 atom stereocenters. The van der Waals surface area contributed by atoms with E-state index < -0.39 is 0 Å². The second-order valence-corrected chi connectivity index (χ2v) is 17.0. The Hall–Kier alpha value is -3.22. The van der Waals surface area contributed by atoms with E-state index in [1.54, 1.807) is 0 Å². The van der Waals surface area contributed by atoms with Gasteiger partial charge in [-0.25, -0.2) is 0 Å². The fourth-order valence-corrected chi connectivity index (χ4v) is 8.14. The fourth-order valence-electron chi connectivity index (χ4n) is 6.41. The van der Waals surface area contributed by atoms with Gasteiger partial charge >= 0.3 is 0 Å². The summed E-state index contributed by atoms with van der Waals surface area (Å²) in [5.74, 6) is 1.58. The molecular formula is C44H58NOP. The molecule has 0 spiro atoms. The first-order valence-electron chi connectivity index (χ1n) is 17.6. The number of nitrogens with zero attached hydrogens (tertiary/aromatic N) is 1. The van der Waals surface area contributed by atoms with Gasteiger partial charge in [0, 0.05) is 27.6 Å². The first-order chi connectivity index (χ1) is 22.2. The van der Waals surface area contributed by atoms with Gasteiger partial charge in [0.15, 0.2) is 0 Å². The summed E-state index contributed by atoms with van der Waals surface area (Å²) in [6.45, 7) is 26.4. The second-order valence-electron chi connectivity index (χ2n) is 15.2. The van der Waals surface area contributed by atoms with Crippen molar-refractivity contribution in [3.63, 3.8) is 0 Å². The van der Waals surface area contributed by atoms with Crippen molar-refractivity contribution in [3.8, 4) is 5.75 Å². The van der Waals surface area contributed by atoms with Gasteiger partial charge in [0.05, 0.1) is 5.69 Å². The van der Waals surface area contributed by atoms with E-state index in [2.05, 4.69) is 161 Å². The quantitative estimate of drug-likeness (QED) is 0.105. The van der Waals surface area contributed by atoms with E-state index in [-0.39, 0.29) is 16.0 Å². The number of hydrogen-bond acceptors (Lipinski definition) is 2. The molecule has 4 aromatic rings. The smallest absolute Gasteiger partial charge is 0.127 e. The van der Waals surface area contributed by atoms with Crippen molar-refractivity contribution in [2.45, 2.75) is 118 Å². The van der Waals surface area contributed by atoms with Crippen molar-refractivity contribution in [2.24, 2.45) is 10.9 Å². The normalized spacial score (nSPS) is 14.7. The van der Waals surface area contributed by atoms with Crippen LogP contribution in [0.4, 0.5) is 5.69 Å². The first-order valence-corrected chi connectivity index (χ1v) is 18.6. The Bertz CT molecular complexity index is 1650. The fraction of sp³-hybridized carbons (Fsp3) is 0.432. The van der Waals surface area contributed by atoms with Crippen LogP contribution in [0, 0.1) is 12.8 Å². The molecule has 47 heavy (non-hydrogen) atoms. The van der Waals surface area contributed by atoms with Gasteiger partial charge in [0.25, 0.3) is 0 Å². The maximum atomic E-state index is 7.09. The predicted molar refractivity (Wildman–Crippen MR) is 208 cm³/mol. The van der Waals surface area contributed by atoms with Crippen LogP contribution >= 0.6 is 8.58 Å². The Balaban J connectivity index is 1.96. The Morgan fingerprint density at radius 3 is 2.02 bits per heavy atom. The van der Waals surface area contributed by atoms with Crippen LogP contribution in [-0.2, 0) is 22.6 Å². The molecule has 0 radical (unpaired) electrons.